The normalized spacial score (nSPS) is 11.2. The zero-order valence-corrected chi connectivity index (χ0v) is 16.4. The molecule has 1 N–H and O–H groups in total. The molecule has 0 amide bonds. The SMILES string of the molecule is Cc1c(-c2ccc(C#N)cc2)c(C#N)c(C(F)(F)F)n1Cc1cnc(Cl)c(CO)c1. The van der Waals surface area contributed by atoms with Crippen LogP contribution in [-0.4, -0.2) is 14.7 Å². The fourth-order valence-electron chi connectivity index (χ4n) is 3.33. The maximum absolute atomic E-state index is 13.9. The van der Waals surface area contributed by atoms with Gasteiger partial charge in [0.2, 0.25) is 0 Å². The monoisotopic (exact) mass is 430 g/mol. The van der Waals surface area contributed by atoms with Gasteiger partial charge in [0.25, 0.3) is 0 Å². The minimum atomic E-state index is -4.78. The number of rotatable bonds is 4. The number of aromatic nitrogens is 2. The molecule has 0 bridgehead atoms. The van der Waals surface area contributed by atoms with E-state index in [2.05, 4.69) is 4.98 Å². The van der Waals surface area contributed by atoms with Crippen molar-refractivity contribution in [1.29, 1.82) is 10.5 Å². The van der Waals surface area contributed by atoms with Gasteiger partial charge in [0.1, 0.15) is 16.9 Å². The molecule has 3 rings (SSSR count). The molecule has 3 aromatic rings. The van der Waals surface area contributed by atoms with Crippen molar-refractivity contribution >= 4 is 11.6 Å². The molecule has 0 atom stereocenters. The first kappa shape index (κ1) is 21.4. The molecule has 1 aromatic carbocycles. The van der Waals surface area contributed by atoms with Gasteiger partial charge in [-0.2, -0.15) is 23.7 Å². The second-order valence-corrected chi connectivity index (χ2v) is 6.88. The van der Waals surface area contributed by atoms with E-state index in [0.29, 0.717) is 22.3 Å². The molecule has 152 valence electrons. The molecular weight excluding hydrogens is 417 g/mol. The number of aliphatic hydroxyl groups excluding tert-OH is 1. The molecule has 0 radical (unpaired) electrons. The van der Waals surface area contributed by atoms with E-state index in [1.54, 1.807) is 6.07 Å². The van der Waals surface area contributed by atoms with Crippen molar-refractivity contribution in [3.8, 4) is 23.3 Å². The van der Waals surface area contributed by atoms with E-state index in [4.69, 9.17) is 16.9 Å². The van der Waals surface area contributed by atoms with Gasteiger partial charge >= 0.3 is 6.18 Å². The van der Waals surface area contributed by atoms with Gasteiger partial charge in [-0.1, -0.05) is 23.7 Å². The minimum absolute atomic E-state index is 0.0671. The van der Waals surface area contributed by atoms with Gasteiger partial charge in [-0.15, -0.1) is 0 Å². The quantitative estimate of drug-likeness (QED) is 0.601. The first-order chi connectivity index (χ1) is 14.2. The van der Waals surface area contributed by atoms with Crippen LogP contribution in [0.25, 0.3) is 11.1 Å². The van der Waals surface area contributed by atoms with Crippen LogP contribution in [0.15, 0.2) is 36.5 Å². The van der Waals surface area contributed by atoms with E-state index in [-0.39, 0.29) is 23.0 Å². The Balaban J connectivity index is 2.23. The van der Waals surface area contributed by atoms with Gasteiger partial charge in [0, 0.05) is 29.6 Å². The number of hydrogen-bond donors (Lipinski definition) is 1. The first-order valence-electron chi connectivity index (χ1n) is 8.66. The Morgan fingerprint density at radius 2 is 1.83 bits per heavy atom. The molecule has 0 aliphatic carbocycles. The second kappa shape index (κ2) is 8.19. The van der Waals surface area contributed by atoms with Crippen LogP contribution in [0.3, 0.4) is 0 Å². The summed E-state index contributed by atoms with van der Waals surface area (Å²) in [6.45, 7) is 0.874. The standard InChI is InChI=1S/C21H14ClF3N4O/c1-12-18(15-4-2-13(7-26)3-5-15)17(8-27)19(21(23,24)25)29(12)10-14-6-16(11-30)20(22)28-9-14/h2-6,9,30H,10-11H2,1H3. The van der Waals surface area contributed by atoms with Crippen LogP contribution in [0.1, 0.15) is 33.6 Å². The number of nitriles is 2. The van der Waals surface area contributed by atoms with Crippen molar-refractivity contribution < 1.29 is 18.3 Å². The fourth-order valence-corrected chi connectivity index (χ4v) is 3.49. The van der Waals surface area contributed by atoms with E-state index >= 15 is 0 Å². The first-order valence-corrected chi connectivity index (χ1v) is 9.04. The van der Waals surface area contributed by atoms with Gasteiger partial charge in [-0.05, 0) is 36.2 Å². The van der Waals surface area contributed by atoms with Gasteiger partial charge < -0.3 is 9.67 Å². The molecule has 5 nitrogen and oxygen atoms in total. The highest BCUT2D eigenvalue weighted by molar-refractivity contribution is 6.30. The van der Waals surface area contributed by atoms with Gasteiger partial charge in [-0.3, -0.25) is 0 Å². The van der Waals surface area contributed by atoms with Crippen molar-refractivity contribution in [2.24, 2.45) is 0 Å². The Labute approximate surface area is 175 Å². The Morgan fingerprint density at radius 3 is 2.37 bits per heavy atom. The van der Waals surface area contributed by atoms with Crippen molar-refractivity contribution in [2.75, 3.05) is 0 Å². The lowest BCUT2D eigenvalue weighted by atomic mass is 10.00. The molecule has 30 heavy (non-hydrogen) atoms. The van der Waals surface area contributed by atoms with Crippen LogP contribution in [0, 0.1) is 29.6 Å². The number of pyridine rings is 1. The number of alkyl halides is 3. The second-order valence-electron chi connectivity index (χ2n) is 6.52. The van der Waals surface area contributed by atoms with Crippen LogP contribution >= 0.6 is 11.6 Å². The molecule has 2 heterocycles. The summed E-state index contributed by atoms with van der Waals surface area (Å²) >= 11 is 5.87. The maximum Gasteiger partial charge on any atom is 0.432 e. The lowest BCUT2D eigenvalue weighted by Crippen LogP contribution is -2.17. The highest BCUT2D eigenvalue weighted by Crippen LogP contribution is 2.41. The number of benzene rings is 1. The number of halogens is 4. The van der Waals surface area contributed by atoms with E-state index < -0.39 is 24.0 Å². The van der Waals surface area contributed by atoms with Crippen LogP contribution in [0.4, 0.5) is 13.2 Å². The number of aliphatic hydroxyl groups is 1. The molecule has 0 spiro atoms. The summed E-state index contributed by atoms with van der Waals surface area (Å²) in [5.41, 5.74) is 0.272. The molecule has 0 aliphatic rings. The van der Waals surface area contributed by atoms with Crippen LogP contribution in [-0.2, 0) is 19.3 Å². The summed E-state index contributed by atoms with van der Waals surface area (Å²) in [4.78, 5) is 3.91. The topological polar surface area (TPSA) is 85.6 Å². The largest absolute Gasteiger partial charge is 0.432 e. The zero-order chi connectivity index (χ0) is 22.1. The van der Waals surface area contributed by atoms with Gasteiger partial charge in [0.05, 0.1) is 23.8 Å². The average molecular weight is 431 g/mol. The Bertz CT molecular complexity index is 1190. The zero-order valence-electron chi connectivity index (χ0n) is 15.6. The smallest absolute Gasteiger partial charge is 0.392 e. The molecule has 0 unspecified atom stereocenters. The molecular formula is C21H14ClF3N4O. The molecule has 0 saturated carbocycles. The summed E-state index contributed by atoms with van der Waals surface area (Å²) in [6.07, 6.45) is -3.45. The Hall–Kier alpha value is -3.33. The van der Waals surface area contributed by atoms with Gasteiger partial charge in [-0.25, -0.2) is 4.98 Å². The molecule has 0 aliphatic heterocycles. The van der Waals surface area contributed by atoms with E-state index in [1.807, 2.05) is 6.07 Å². The minimum Gasteiger partial charge on any atom is -0.392 e. The summed E-state index contributed by atoms with van der Waals surface area (Å²) in [5.74, 6) is 0. The number of nitrogens with zero attached hydrogens (tertiary/aromatic N) is 4. The average Bonchev–Trinajstić information content (AvgIpc) is 3.01. The fraction of sp³-hybridized carbons (Fsp3) is 0.190. The lowest BCUT2D eigenvalue weighted by molar-refractivity contribution is -0.143. The van der Waals surface area contributed by atoms with E-state index in [0.717, 1.165) is 4.57 Å². The van der Waals surface area contributed by atoms with Crippen molar-refractivity contribution in [1.82, 2.24) is 9.55 Å². The third kappa shape index (κ3) is 3.88. The molecule has 0 saturated heterocycles. The van der Waals surface area contributed by atoms with Crippen molar-refractivity contribution in [2.45, 2.75) is 26.3 Å². The van der Waals surface area contributed by atoms with Crippen LogP contribution < -0.4 is 0 Å². The molecule has 0 fully saturated rings. The third-order valence-corrected chi connectivity index (χ3v) is 5.03. The highest BCUT2D eigenvalue weighted by Gasteiger charge is 2.40. The summed E-state index contributed by atoms with van der Waals surface area (Å²) < 4.78 is 42.8. The van der Waals surface area contributed by atoms with Crippen LogP contribution in [0.5, 0.6) is 0 Å². The predicted molar refractivity (Wildman–Crippen MR) is 103 cm³/mol. The van der Waals surface area contributed by atoms with E-state index in [9.17, 15) is 23.5 Å². The highest BCUT2D eigenvalue weighted by atomic mass is 35.5. The summed E-state index contributed by atoms with van der Waals surface area (Å²) in [6, 6.07) is 11.1. The van der Waals surface area contributed by atoms with Crippen molar-refractivity contribution in [3.05, 3.63) is 75.3 Å². The molecule has 2 aromatic heterocycles. The maximum atomic E-state index is 13.9. The molecule has 9 heteroatoms. The predicted octanol–water partition coefficient (Wildman–Crippen LogP) is 4.81. The Morgan fingerprint density at radius 1 is 1.17 bits per heavy atom. The van der Waals surface area contributed by atoms with Crippen LogP contribution in [0.2, 0.25) is 5.15 Å². The summed E-state index contributed by atoms with van der Waals surface area (Å²) in [5, 5.41) is 27.9. The summed E-state index contributed by atoms with van der Waals surface area (Å²) in [7, 11) is 0. The Kier molecular flexibility index (Phi) is 5.84. The van der Waals surface area contributed by atoms with Crippen molar-refractivity contribution in [3.63, 3.8) is 0 Å². The number of hydrogen-bond acceptors (Lipinski definition) is 4. The third-order valence-electron chi connectivity index (χ3n) is 4.69. The van der Waals surface area contributed by atoms with E-state index in [1.165, 1.54) is 43.5 Å². The van der Waals surface area contributed by atoms with Gasteiger partial charge in [0.15, 0.2) is 0 Å². The lowest BCUT2D eigenvalue weighted by Gasteiger charge is -2.15.